The topological polar surface area (TPSA) is 55.7 Å². The van der Waals surface area contributed by atoms with Crippen LogP contribution in [0.1, 0.15) is 47.3 Å². The van der Waals surface area contributed by atoms with Gasteiger partial charge in [-0.05, 0) is 19.4 Å². The number of halogens is 3. The second kappa shape index (κ2) is 10.5. The van der Waals surface area contributed by atoms with Crippen LogP contribution < -0.4 is 0 Å². The molecule has 7 heteroatoms. The van der Waals surface area contributed by atoms with Crippen molar-refractivity contribution in [2.24, 2.45) is 4.99 Å². The fourth-order valence-electron chi connectivity index (χ4n) is 3.61. The molecular weight excluding hydrogens is 443 g/mol. The number of alkyl halides is 3. The number of ether oxygens (including phenoxy) is 1. The Bertz CT molecular complexity index is 1120. The molecule has 3 aromatic rings. The SMILES string of the molecule is CCOC(=O)CC(N=C(c1ccccc1)c1ccccc1)(c1ccc(C(C)=O)cc1)C(F)(F)F. The van der Waals surface area contributed by atoms with Crippen LogP contribution in [-0.2, 0) is 15.1 Å². The van der Waals surface area contributed by atoms with Crippen LogP contribution in [0.4, 0.5) is 13.2 Å². The lowest BCUT2D eigenvalue weighted by Crippen LogP contribution is -2.44. The Morgan fingerprint density at radius 3 is 1.71 bits per heavy atom. The summed E-state index contributed by atoms with van der Waals surface area (Å²) in [7, 11) is 0. The first kappa shape index (κ1) is 24.9. The van der Waals surface area contributed by atoms with Crippen LogP contribution in [0.3, 0.4) is 0 Å². The summed E-state index contributed by atoms with van der Waals surface area (Å²) in [6, 6.07) is 22.0. The van der Waals surface area contributed by atoms with Crippen molar-refractivity contribution in [2.75, 3.05) is 6.61 Å². The average Bonchev–Trinajstić information content (AvgIpc) is 2.82. The number of Topliss-reactive ketones (excluding diaryl/α,β-unsaturated/α-hetero) is 1. The Morgan fingerprint density at radius 2 is 1.29 bits per heavy atom. The van der Waals surface area contributed by atoms with E-state index in [9.17, 15) is 22.8 Å². The second-order valence-corrected chi connectivity index (χ2v) is 7.67. The van der Waals surface area contributed by atoms with E-state index in [2.05, 4.69) is 4.99 Å². The molecule has 0 saturated heterocycles. The first-order valence-electron chi connectivity index (χ1n) is 10.7. The molecule has 0 aliphatic rings. The average molecular weight is 467 g/mol. The summed E-state index contributed by atoms with van der Waals surface area (Å²) in [6.45, 7) is 2.78. The second-order valence-electron chi connectivity index (χ2n) is 7.67. The Labute approximate surface area is 196 Å². The first-order valence-corrected chi connectivity index (χ1v) is 10.7. The third-order valence-electron chi connectivity index (χ3n) is 5.34. The van der Waals surface area contributed by atoms with Gasteiger partial charge in [0.05, 0.1) is 18.7 Å². The molecule has 1 atom stereocenters. The van der Waals surface area contributed by atoms with Gasteiger partial charge in [-0.2, -0.15) is 13.2 Å². The van der Waals surface area contributed by atoms with Crippen LogP contribution in [-0.4, -0.2) is 30.2 Å². The molecule has 176 valence electrons. The molecule has 0 radical (unpaired) electrons. The largest absolute Gasteiger partial charge is 0.466 e. The van der Waals surface area contributed by atoms with Gasteiger partial charge < -0.3 is 4.74 Å². The van der Waals surface area contributed by atoms with Crippen LogP contribution in [0.25, 0.3) is 0 Å². The minimum absolute atomic E-state index is 0.0655. The van der Waals surface area contributed by atoms with Crippen LogP contribution >= 0.6 is 0 Å². The van der Waals surface area contributed by atoms with Gasteiger partial charge in [0.25, 0.3) is 0 Å². The van der Waals surface area contributed by atoms with Crippen LogP contribution in [0, 0.1) is 0 Å². The lowest BCUT2D eigenvalue weighted by atomic mass is 9.84. The van der Waals surface area contributed by atoms with E-state index in [1.165, 1.54) is 38.1 Å². The number of aliphatic imine (C=N–C) groups is 1. The zero-order valence-corrected chi connectivity index (χ0v) is 18.8. The van der Waals surface area contributed by atoms with E-state index in [4.69, 9.17) is 4.74 Å². The molecule has 4 nitrogen and oxygen atoms in total. The monoisotopic (exact) mass is 467 g/mol. The fourth-order valence-corrected chi connectivity index (χ4v) is 3.61. The molecule has 0 aliphatic heterocycles. The van der Waals surface area contributed by atoms with Gasteiger partial charge >= 0.3 is 12.1 Å². The molecule has 0 spiro atoms. The molecule has 1 unspecified atom stereocenters. The van der Waals surface area contributed by atoms with Gasteiger partial charge in [-0.15, -0.1) is 0 Å². The number of carbonyl (C=O) groups excluding carboxylic acids is 2. The predicted octanol–water partition coefficient (Wildman–Crippen LogP) is 6.14. The molecule has 0 bridgehead atoms. The molecule has 3 aromatic carbocycles. The highest BCUT2D eigenvalue weighted by Crippen LogP contribution is 2.46. The smallest absolute Gasteiger partial charge is 0.418 e. The van der Waals surface area contributed by atoms with E-state index < -0.39 is 24.1 Å². The Kier molecular flexibility index (Phi) is 7.66. The minimum atomic E-state index is -4.95. The number of nitrogens with zero attached hydrogens (tertiary/aromatic N) is 1. The van der Waals surface area contributed by atoms with Gasteiger partial charge in [0, 0.05) is 16.7 Å². The van der Waals surface area contributed by atoms with E-state index in [0.29, 0.717) is 11.1 Å². The summed E-state index contributed by atoms with van der Waals surface area (Å²) in [6.07, 6.45) is -6.00. The lowest BCUT2D eigenvalue weighted by molar-refractivity contribution is -0.196. The maximum absolute atomic E-state index is 14.9. The number of ketones is 1. The van der Waals surface area contributed by atoms with Gasteiger partial charge in [-0.25, -0.2) is 0 Å². The number of benzene rings is 3. The number of hydrogen-bond donors (Lipinski definition) is 0. The molecule has 0 N–H and O–H groups in total. The quantitative estimate of drug-likeness (QED) is 0.227. The van der Waals surface area contributed by atoms with Crippen molar-refractivity contribution in [3.8, 4) is 0 Å². The van der Waals surface area contributed by atoms with E-state index in [-0.39, 0.29) is 29.2 Å². The summed E-state index contributed by atoms with van der Waals surface area (Å²) < 4.78 is 49.7. The number of carbonyl (C=O) groups is 2. The summed E-state index contributed by atoms with van der Waals surface area (Å²) >= 11 is 0. The molecule has 3 rings (SSSR count). The van der Waals surface area contributed by atoms with E-state index >= 15 is 0 Å². The Balaban J connectivity index is 2.34. The van der Waals surface area contributed by atoms with Crippen LogP contribution in [0.5, 0.6) is 0 Å². The van der Waals surface area contributed by atoms with Gasteiger partial charge in [0.2, 0.25) is 0 Å². The maximum Gasteiger partial charge on any atom is 0.418 e. The molecular formula is C27H24F3NO3. The van der Waals surface area contributed by atoms with E-state index in [0.717, 1.165) is 0 Å². The summed E-state index contributed by atoms with van der Waals surface area (Å²) in [5.74, 6) is -1.31. The van der Waals surface area contributed by atoms with E-state index in [1.54, 1.807) is 60.7 Å². The number of rotatable bonds is 8. The van der Waals surface area contributed by atoms with Crippen molar-refractivity contribution in [2.45, 2.75) is 32.0 Å². The fraction of sp³-hybridized carbons (Fsp3) is 0.222. The molecule has 0 fully saturated rings. The summed E-state index contributed by atoms with van der Waals surface area (Å²) in [5.41, 5.74) is -1.93. The maximum atomic E-state index is 14.9. The highest BCUT2D eigenvalue weighted by Gasteiger charge is 2.58. The molecule has 34 heavy (non-hydrogen) atoms. The normalized spacial score (nSPS) is 13.0. The molecule has 0 saturated carbocycles. The standard InChI is InChI=1S/C27H24F3NO3/c1-3-34-24(33)18-26(27(28,29)30,23-16-14-20(15-17-23)19(2)32)31-25(21-10-6-4-7-11-21)22-12-8-5-9-13-22/h4-17H,3,18H2,1-2H3. The first-order chi connectivity index (χ1) is 16.2. The van der Waals surface area contributed by atoms with Crippen molar-refractivity contribution in [3.05, 3.63) is 107 Å². The van der Waals surface area contributed by atoms with Crippen LogP contribution in [0.15, 0.2) is 89.9 Å². The van der Waals surface area contributed by atoms with Gasteiger partial charge in [0.1, 0.15) is 0 Å². The minimum Gasteiger partial charge on any atom is -0.466 e. The van der Waals surface area contributed by atoms with Crippen molar-refractivity contribution < 1.29 is 27.5 Å². The number of esters is 1. The highest BCUT2D eigenvalue weighted by atomic mass is 19.4. The Hall–Kier alpha value is -3.74. The lowest BCUT2D eigenvalue weighted by Gasteiger charge is -2.33. The predicted molar refractivity (Wildman–Crippen MR) is 124 cm³/mol. The van der Waals surface area contributed by atoms with Gasteiger partial charge in [0.15, 0.2) is 11.3 Å². The summed E-state index contributed by atoms with van der Waals surface area (Å²) in [5, 5.41) is 0. The van der Waals surface area contributed by atoms with Gasteiger partial charge in [-0.3, -0.25) is 14.6 Å². The van der Waals surface area contributed by atoms with Crippen molar-refractivity contribution in [1.82, 2.24) is 0 Å². The highest BCUT2D eigenvalue weighted by molar-refractivity contribution is 6.13. The number of hydrogen-bond acceptors (Lipinski definition) is 4. The zero-order valence-electron chi connectivity index (χ0n) is 18.8. The van der Waals surface area contributed by atoms with Gasteiger partial charge in [-0.1, -0.05) is 84.9 Å². The third-order valence-corrected chi connectivity index (χ3v) is 5.34. The third kappa shape index (κ3) is 5.42. The summed E-state index contributed by atoms with van der Waals surface area (Å²) in [4.78, 5) is 28.4. The van der Waals surface area contributed by atoms with Crippen molar-refractivity contribution >= 4 is 17.5 Å². The van der Waals surface area contributed by atoms with E-state index in [1.807, 2.05) is 0 Å². The molecule has 0 aromatic heterocycles. The molecule has 0 aliphatic carbocycles. The van der Waals surface area contributed by atoms with Crippen molar-refractivity contribution in [3.63, 3.8) is 0 Å². The van der Waals surface area contributed by atoms with Crippen molar-refractivity contribution in [1.29, 1.82) is 0 Å². The molecule has 0 amide bonds. The zero-order chi connectivity index (χ0) is 24.8. The Morgan fingerprint density at radius 1 is 0.794 bits per heavy atom. The van der Waals surface area contributed by atoms with Crippen LogP contribution in [0.2, 0.25) is 0 Å². The molecule has 0 heterocycles.